The average molecular weight is 562 g/mol. The normalized spacial score (nSPS) is 30.3. The van der Waals surface area contributed by atoms with Crippen molar-refractivity contribution in [3.05, 3.63) is 57.6 Å². The van der Waals surface area contributed by atoms with Gasteiger partial charge in [0.05, 0.1) is 29.6 Å². The van der Waals surface area contributed by atoms with Crippen LogP contribution < -0.4 is 5.32 Å². The minimum atomic E-state index is -0.828. The van der Waals surface area contributed by atoms with E-state index < -0.39 is 5.60 Å². The molecule has 4 saturated carbocycles. The van der Waals surface area contributed by atoms with E-state index in [2.05, 4.69) is 10.5 Å². The van der Waals surface area contributed by atoms with Crippen LogP contribution in [0.25, 0.3) is 0 Å². The third kappa shape index (κ3) is 5.88. The number of nitrogens with zero attached hydrogens (tertiary/aromatic N) is 1. The second-order valence-corrected chi connectivity index (χ2v) is 13.0. The number of ether oxygens (including phenoxy) is 1. The minimum absolute atomic E-state index is 0.0577. The van der Waals surface area contributed by atoms with Gasteiger partial charge >= 0.3 is 0 Å². The molecule has 5 aliphatic rings. The number of nitrogens with one attached hydrogen (secondary N) is 1. The van der Waals surface area contributed by atoms with Crippen molar-refractivity contribution in [3.8, 4) is 0 Å². The number of aliphatic hydroxyl groups is 1. The zero-order valence-corrected chi connectivity index (χ0v) is 24.3. The van der Waals surface area contributed by atoms with Crippen LogP contribution in [0, 0.1) is 22.7 Å². The second-order valence-electron chi connectivity index (χ2n) is 12.1. The van der Waals surface area contributed by atoms with Gasteiger partial charge in [-0.1, -0.05) is 71.2 Å². The van der Waals surface area contributed by atoms with Crippen LogP contribution >= 0.6 is 23.2 Å². The van der Waals surface area contributed by atoms with Gasteiger partial charge in [0.1, 0.15) is 7.11 Å². The van der Waals surface area contributed by atoms with E-state index >= 15 is 0 Å². The molecular formula is C31H42Cl2N2O3. The van der Waals surface area contributed by atoms with Gasteiger partial charge in [0.15, 0.2) is 0 Å². The SMILES string of the molecule is CCC(O)(CCNCCC(C1=CC(Cl)=C(Cl)CC1)/C(COCC12CC3CC3(C1)C2)=N/OC)c1ccccc1. The van der Waals surface area contributed by atoms with Crippen LogP contribution in [0.15, 0.2) is 57.2 Å². The number of benzene rings is 1. The molecule has 2 bridgehead atoms. The second kappa shape index (κ2) is 11.6. The van der Waals surface area contributed by atoms with Gasteiger partial charge in [-0.05, 0) is 99.3 Å². The largest absolute Gasteiger partial charge is 0.399 e. The van der Waals surface area contributed by atoms with E-state index in [1.54, 1.807) is 7.11 Å². The lowest BCUT2D eigenvalue weighted by Crippen LogP contribution is -2.38. The topological polar surface area (TPSA) is 63.1 Å². The van der Waals surface area contributed by atoms with Crippen molar-refractivity contribution in [2.45, 2.75) is 70.3 Å². The average Bonchev–Trinajstić information content (AvgIpc) is 3.40. The zero-order valence-electron chi connectivity index (χ0n) is 22.8. The molecule has 0 radical (unpaired) electrons. The third-order valence-electron chi connectivity index (χ3n) is 9.63. The van der Waals surface area contributed by atoms with E-state index in [1.807, 2.05) is 43.3 Å². The Morgan fingerprint density at radius 3 is 2.63 bits per heavy atom. The van der Waals surface area contributed by atoms with Gasteiger partial charge in [-0.3, -0.25) is 0 Å². The Morgan fingerprint density at radius 1 is 1.18 bits per heavy atom. The van der Waals surface area contributed by atoms with Crippen molar-refractivity contribution < 1.29 is 14.7 Å². The molecule has 3 unspecified atom stereocenters. The minimum Gasteiger partial charge on any atom is -0.399 e. The summed E-state index contributed by atoms with van der Waals surface area (Å²) in [5.41, 5.74) is 3.39. The van der Waals surface area contributed by atoms with Gasteiger partial charge in [-0.2, -0.15) is 0 Å². The van der Waals surface area contributed by atoms with Gasteiger partial charge in [0.25, 0.3) is 0 Å². The number of rotatable bonds is 15. The van der Waals surface area contributed by atoms with Crippen molar-refractivity contribution in [1.29, 1.82) is 0 Å². The summed E-state index contributed by atoms with van der Waals surface area (Å²) >= 11 is 12.8. The van der Waals surface area contributed by atoms with E-state index in [0.29, 0.717) is 40.3 Å². The van der Waals surface area contributed by atoms with E-state index in [0.717, 1.165) is 56.2 Å². The molecule has 0 aliphatic heterocycles. The maximum absolute atomic E-state index is 11.2. The van der Waals surface area contributed by atoms with Crippen LogP contribution in [0.1, 0.15) is 70.3 Å². The van der Waals surface area contributed by atoms with Crippen molar-refractivity contribution in [1.82, 2.24) is 5.32 Å². The van der Waals surface area contributed by atoms with Crippen molar-refractivity contribution >= 4 is 28.9 Å². The summed E-state index contributed by atoms with van der Waals surface area (Å²) in [5.74, 6) is 1.03. The Balaban J connectivity index is 1.18. The quantitative estimate of drug-likeness (QED) is 0.139. The predicted octanol–water partition coefficient (Wildman–Crippen LogP) is 6.89. The van der Waals surface area contributed by atoms with E-state index in [-0.39, 0.29) is 5.92 Å². The molecule has 1 spiro atoms. The number of allylic oxidation sites excluding steroid dienone is 4. The van der Waals surface area contributed by atoms with Crippen LogP contribution in [0.2, 0.25) is 0 Å². The molecule has 5 nitrogen and oxygen atoms in total. The molecule has 7 heteroatoms. The first-order valence-electron chi connectivity index (χ1n) is 14.2. The highest BCUT2D eigenvalue weighted by Crippen LogP contribution is 2.83. The Morgan fingerprint density at radius 2 is 1.97 bits per heavy atom. The van der Waals surface area contributed by atoms with Gasteiger partial charge in [0, 0.05) is 11.0 Å². The first-order chi connectivity index (χ1) is 18.3. The van der Waals surface area contributed by atoms with E-state index in [9.17, 15) is 5.11 Å². The fourth-order valence-corrected chi connectivity index (χ4v) is 7.95. The molecular weight excluding hydrogens is 519 g/mol. The molecule has 0 heterocycles. The van der Waals surface area contributed by atoms with E-state index in [1.165, 1.54) is 31.3 Å². The molecule has 1 aromatic carbocycles. The Hall–Kier alpha value is -1.37. The smallest absolute Gasteiger partial charge is 0.106 e. The lowest BCUT2D eigenvalue weighted by molar-refractivity contribution is -0.0114. The fraction of sp³-hybridized carbons (Fsp3) is 0.645. The predicted molar refractivity (Wildman–Crippen MR) is 154 cm³/mol. The number of hydrogen-bond acceptors (Lipinski definition) is 5. The van der Waals surface area contributed by atoms with Crippen LogP contribution in [-0.2, 0) is 15.2 Å². The van der Waals surface area contributed by atoms with Crippen molar-refractivity contribution in [2.75, 3.05) is 33.4 Å². The maximum atomic E-state index is 11.2. The first kappa shape index (κ1) is 28.2. The molecule has 0 aromatic heterocycles. The molecule has 0 amide bonds. The molecule has 0 saturated heterocycles. The highest BCUT2D eigenvalue weighted by molar-refractivity contribution is 6.40. The lowest BCUT2D eigenvalue weighted by atomic mass is 9.64. The molecule has 1 aromatic rings. The molecule has 5 aliphatic carbocycles. The van der Waals surface area contributed by atoms with Crippen LogP contribution in [0.4, 0.5) is 0 Å². The third-order valence-corrected chi connectivity index (χ3v) is 10.5. The Kier molecular flexibility index (Phi) is 8.62. The summed E-state index contributed by atoms with van der Waals surface area (Å²) in [6, 6.07) is 9.95. The number of halogens is 2. The fourth-order valence-electron chi connectivity index (χ4n) is 7.57. The zero-order chi connectivity index (χ0) is 26.8. The Bertz CT molecular complexity index is 1070. The standard InChI is InChI=1S/C31H42Cl2N2O3/c1-3-31(36,23-7-5-4-6-8-23)12-14-34-13-11-25(22-9-10-26(32)27(33)15-22)28(35-37-2)18-38-21-29-16-24-17-30(24,19-29)20-29/h4-8,15,24-25,34,36H,3,9-14,16-21H2,1-2H3/b35-28+. The highest BCUT2D eigenvalue weighted by atomic mass is 35.5. The van der Waals surface area contributed by atoms with Gasteiger partial charge < -0.3 is 20.0 Å². The molecule has 6 rings (SSSR count). The number of oxime groups is 1. The van der Waals surface area contributed by atoms with Crippen LogP contribution in [-0.4, -0.2) is 44.2 Å². The highest BCUT2D eigenvalue weighted by Gasteiger charge is 2.74. The summed E-state index contributed by atoms with van der Waals surface area (Å²) in [6.45, 7) is 4.82. The van der Waals surface area contributed by atoms with Crippen molar-refractivity contribution in [3.63, 3.8) is 0 Å². The summed E-state index contributed by atoms with van der Waals surface area (Å²) in [4.78, 5) is 5.30. The molecule has 4 fully saturated rings. The first-order valence-corrected chi connectivity index (χ1v) is 15.0. The molecule has 208 valence electrons. The summed E-state index contributed by atoms with van der Waals surface area (Å²) in [6.07, 6.45) is 11.3. The number of hydrogen-bond donors (Lipinski definition) is 2. The summed E-state index contributed by atoms with van der Waals surface area (Å²) < 4.78 is 6.33. The van der Waals surface area contributed by atoms with Crippen molar-refractivity contribution in [2.24, 2.45) is 27.8 Å². The van der Waals surface area contributed by atoms with Crippen LogP contribution in [0.3, 0.4) is 0 Å². The summed E-state index contributed by atoms with van der Waals surface area (Å²) in [5, 5.41) is 20.5. The molecule has 2 N–H and O–H groups in total. The molecule has 38 heavy (non-hydrogen) atoms. The summed E-state index contributed by atoms with van der Waals surface area (Å²) in [7, 11) is 1.60. The molecule has 3 atom stereocenters. The van der Waals surface area contributed by atoms with Gasteiger partial charge in [-0.25, -0.2) is 0 Å². The Labute approximate surface area is 237 Å². The monoisotopic (exact) mass is 560 g/mol. The van der Waals surface area contributed by atoms with Gasteiger partial charge in [-0.15, -0.1) is 0 Å². The van der Waals surface area contributed by atoms with E-state index in [4.69, 9.17) is 32.8 Å². The lowest BCUT2D eigenvalue weighted by Gasteiger charge is -2.43. The van der Waals surface area contributed by atoms with Crippen LogP contribution in [0.5, 0.6) is 0 Å². The van der Waals surface area contributed by atoms with Gasteiger partial charge in [0.2, 0.25) is 0 Å². The maximum Gasteiger partial charge on any atom is 0.106 e.